The van der Waals surface area contributed by atoms with E-state index >= 15 is 0 Å². The molecule has 0 saturated carbocycles. The molecule has 0 bridgehead atoms. The van der Waals surface area contributed by atoms with Crippen molar-refractivity contribution in [2.24, 2.45) is 0 Å². The molecule has 0 radical (unpaired) electrons. The van der Waals surface area contributed by atoms with Crippen LogP contribution in [0.3, 0.4) is 0 Å². The molecule has 0 unspecified atom stereocenters. The van der Waals surface area contributed by atoms with E-state index in [4.69, 9.17) is 5.73 Å². The van der Waals surface area contributed by atoms with Crippen molar-refractivity contribution < 1.29 is 0 Å². The molecule has 0 fully saturated rings. The standard InChI is InChI=1S/C11H10N6/c12-11-13-4-3-10(16-11)15-8-1-2-9-7(5-8)6-14-17-9/h1-6H,(H,14,17)(H3,12,13,15,16). The summed E-state index contributed by atoms with van der Waals surface area (Å²) in [7, 11) is 0. The number of aromatic amines is 1. The van der Waals surface area contributed by atoms with Gasteiger partial charge in [0, 0.05) is 17.3 Å². The van der Waals surface area contributed by atoms with E-state index in [1.807, 2.05) is 18.2 Å². The topological polar surface area (TPSA) is 92.5 Å². The van der Waals surface area contributed by atoms with E-state index in [2.05, 4.69) is 25.5 Å². The summed E-state index contributed by atoms with van der Waals surface area (Å²) >= 11 is 0. The van der Waals surface area contributed by atoms with Crippen molar-refractivity contribution in [3.8, 4) is 0 Å². The van der Waals surface area contributed by atoms with Gasteiger partial charge in [-0.1, -0.05) is 0 Å². The SMILES string of the molecule is Nc1nccc(Nc2ccc3[nH]ncc3c2)n1. The van der Waals surface area contributed by atoms with Gasteiger partial charge in [-0.2, -0.15) is 10.1 Å². The number of hydrogen-bond donors (Lipinski definition) is 3. The lowest BCUT2D eigenvalue weighted by molar-refractivity contribution is 1.12. The number of nitrogens with two attached hydrogens (primary N) is 1. The van der Waals surface area contributed by atoms with Crippen LogP contribution in [0.15, 0.2) is 36.7 Å². The van der Waals surface area contributed by atoms with Crippen LogP contribution >= 0.6 is 0 Å². The molecular formula is C11H10N6. The van der Waals surface area contributed by atoms with E-state index < -0.39 is 0 Å². The molecule has 6 nitrogen and oxygen atoms in total. The Morgan fingerprint density at radius 3 is 3.06 bits per heavy atom. The number of H-pyrrole nitrogens is 1. The van der Waals surface area contributed by atoms with Crippen molar-refractivity contribution >= 4 is 28.4 Å². The van der Waals surface area contributed by atoms with Gasteiger partial charge in [-0.05, 0) is 24.3 Å². The molecule has 1 aromatic carbocycles. The number of aromatic nitrogens is 4. The summed E-state index contributed by atoms with van der Waals surface area (Å²) in [4.78, 5) is 7.90. The van der Waals surface area contributed by atoms with Crippen molar-refractivity contribution in [2.45, 2.75) is 0 Å². The molecule has 6 heteroatoms. The number of nitrogens with zero attached hydrogens (tertiary/aromatic N) is 3. The second kappa shape index (κ2) is 3.75. The van der Waals surface area contributed by atoms with Crippen molar-refractivity contribution in [3.63, 3.8) is 0 Å². The van der Waals surface area contributed by atoms with Gasteiger partial charge in [-0.15, -0.1) is 0 Å². The summed E-state index contributed by atoms with van der Waals surface area (Å²) in [5.41, 5.74) is 7.43. The fourth-order valence-electron chi connectivity index (χ4n) is 1.61. The van der Waals surface area contributed by atoms with Crippen LogP contribution in [0.2, 0.25) is 0 Å². The minimum absolute atomic E-state index is 0.249. The molecule has 17 heavy (non-hydrogen) atoms. The van der Waals surface area contributed by atoms with Crippen molar-refractivity contribution in [1.82, 2.24) is 20.2 Å². The minimum Gasteiger partial charge on any atom is -0.368 e. The molecule has 3 aromatic rings. The highest BCUT2D eigenvalue weighted by molar-refractivity contribution is 5.82. The normalized spacial score (nSPS) is 10.6. The van der Waals surface area contributed by atoms with E-state index in [1.165, 1.54) is 0 Å². The van der Waals surface area contributed by atoms with Gasteiger partial charge in [0.2, 0.25) is 5.95 Å². The van der Waals surface area contributed by atoms with E-state index in [9.17, 15) is 0 Å². The lowest BCUT2D eigenvalue weighted by atomic mass is 10.2. The maximum atomic E-state index is 5.51. The Morgan fingerprint density at radius 1 is 1.24 bits per heavy atom. The molecular weight excluding hydrogens is 216 g/mol. The summed E-state index contributed by atoms with van der Waals surface area (Å²) in [6.07, 6.45) is 3.38. The largest absolute Gasteiger partial charge is 0.368 e. The first-order valence-corrected chi connectivity index (χ1v) is 5.10. The Hall–Kier alpha value is -2.63. The third-order valence-corrected chi connectivity index (χ3v) is 2.39. The molecule has 2 heterocycles. The maximum Gasteiger partial charge on any atom is 0.221 e. The number of hydrogen-bond acceptors (Lipinski definition) is 5. The highest BCUT2D eigenvalue weighted by Gasteiger charge is 2.00. The van der Waals surface area contributed by atoms with Crippen LogP contribution < -0.4 is 11.1 Å². The van der Waals surface area contributed by atoms with Crippen LogP contribution in [-0.4, -0.2) is 20.2 Å². The molecule has 0 aliphatic carbocycles. The Bertz CT molecular complexity index is 660. The molecule has 84 valence electrons. The van der Waals surface area contributed by atoms with E-state index in [1.54, 1.807) is 18.5 Å². The molecule has 2 aromatic heterocycles. The van der Waals surface area contributed by atoms with Crippen molar-refractivity contribution in [2.75, 3.05) is 11.1 Å². The van der Waals surface area contributed by atoms with Crippen LogP contribution in [0.1, 0.15) is 0 Å². The third kappa shape index (κ3) is 1.87. The first kappa shape index (κ1) is 9.59. The highest BCUT2D eigenvalue weighted by atomic mass is 15.1. The van der Waals surface area contributed by atoms with Gasteiger partial charge in [-0.3, -0.25) is 5.10 Å². The van der Waals surface area contributed by atoms with E-state index in [-0.39, 0.29) is 5.95 Å². The third-order valence-electron chi connectivity index (χ3n) is 2.39. The molecule has 0 saturated heterocycles. The molecule has 0 atom stereocenters. The lowest BCUT2D eigenvalue weighted by Gasteiger charge is -2.05. The molecule has 0 aliphatic heterocycles. The summed E-state index contributed by atoms with van der Waals surface area (Å²) < 4.78 is 0. The van der Waals surface area contributed by atoms with Gasteiger partial charge in [0.1, 0.15) is 5.82 Å². The van der Waals surface area contributed by atoms with Gasteiger partial charge < -0.3 is 11.1 Å². The summed E-state index contributed by atoms with van der Waals surface area (Å²) in [5.74, 6) is 0.916. The van der Waals surface area contributed by atoms with Crippen LogP contribution in [0.25, 0.3) is 10.9 Å². The highest BCUT2D eigenvalue weighted by Crippen LogP contribution is 2.19. The number of nitrogens with one attached hydrogen (secondary N) is 2. The second-order valence-corrected chi connectivity index (χ2v) is 3.60. The Morgan fingerprint density at radius 2 is 2.18 bits per heavy atom. The first-order valence-electron chi connectivity index (χ1n) is 5.10. The quantitative estimate of drug-likeness (QED) is 0.618. The van der Waals surface area contributed by atoms with Gasteiger partial charge in [-0.25, -0.2) is 4.98 Å². The summed E-state index contributed by atoms with van der Waals surface area (Å²) in [5, 5.41) is 11.1. The number of rotatable bonds is 2. The molecule has 4 N–H and O–H groups in total. The Balaban J connectivity index is 1.94. The van der Waals surface area contributed by atoms with Crippen LogP contribution in [0.4, 0.5) is 17.5 Å². The first-order chi connectivity index (χ1) is 8.31. The van der Waals surface area contributed by atoms with Gasteiger partial charge >= 0.3 is 0 Å². The minimum atomic E-state index is 0.249. The van der Waals surface area contributed by atoms with E-state index in [0.29, 0.717) is 5.82 Å². The number of nitrogen functional groups attached to an aromatic ring is 1. The van der Waals surface area contributed by atoms with Crippen LogP contribution in [-0.2, 0) is 0 Å². The molecule has 3 rings (SSSR count). The van der Waals surface area contributed by atoms with Gasteiger partial charge in [0.15, 0.2) is 0 Å². The number of fused-ring (bicyclic) bond motifs is 1. The monoisotopic (exact) mass is 226 g/mol. The zero-order valence-electron chi connectivity index (χ0n) is 8.88. The Labute approximate surface area is 96.9 Å². The molecule has 0 aliphatic rings. The van der Waals surface area contributed by atoms with Crippen molar-refractivity contribution in [1.29, 1.82) is 0 Å². The average Bonchev–Trinajstić information content (AvgIpc) is 2.76. The summed E-state index contributed by atoms with van der Waals surface area (Å²) in [6.45, 7) is 0. The maximum absolute atomic E-state index is 5.51. The van der Waals surface area contributed by atoms with Crippen LogP contribution in [0.5, 0.6) is 0 Å². The molecule has 0 amide bonds. The zero-order chi connectivity index (χ0) is 11.7. The lowest BCUT2D eigenvalue weighted by Crippen LogP contribution is -1.98. The molecule has 0 spiro atoms. The predicted octanol–water partition coefficient (Wildman–Crippen LogP) is 1.68. The van der Waals surface area contributed by atoms with E-state index in [0.717, 1.165) is 16.6 Å². The Kier molecular flexibility index (Phi) is 2.11. The fraction of sp³-hybridized carbons (Fsp3) is 0. The fourth-order valence-corrected chi connectivity index (χ4v) is 1.61. The second-order valence-electron chi connectivity index (χ2n) is 3.60. The number of benzene rings is 1. The summed E-state index contributed by atoms with van der Waals surface area (Å²) in [6, 6.07) is 7.64. The van der Waals surface area contributed by atoms with Gasteiger partial charge in [0.05, 0.1) is 11.7 Å². The number of anilines is 3. The van der Waals surface area contributed by atoms with Gasteiger partial charge in [0.25, 0.3) is 0 Å². The smallest absolute Gasteiger partial charge is 0.221 e. The van der Waals surface area contributed by atoms with Crippen molar-refractivity contribution in [3.05, 3.63) is 36.7 Å². The average molecular weight is 226 g/mol. The predicted molar refractivity (Wildman–Crippen MR) is 65.8 cm³/mol. The van der Waals surface area contributed by atoms with Crippen LogP contribution in [0, 0.1) is 0 Å². The zero-order valence-corrected chi connectivity index (χ0v) is 8.88.